The molecule has 2 aromatic heterocycles. The Balaban J connectivity index is 2.29. The van der Waals surface area contributed by atoms with E-state index >= 15 is 0 Å². The zero-order valence-corrected chi connectivity index (χ0v) is 12.5. The maximum atomic E-state index is 11.7. The zero-order chi connectivity index (χ0) is 14.7. The maximum absolute atomic E-state index is 11.7. The van der Waals surface area contributed by atoms with Crippen LogP contribution in [-0.2, 0) is 24.2 Å². The molecule has 0 aliphatic carbocycles. The molecule has 0 fully saturated rings. The highest BCUT2D eigenvalue weighted by Crippen LogP contribution is 2.14. The molecular weight excluding hydrogens is 305 g/mol. The number of carbonyl (C=O) groups is 1. The van der Waals surface area contributed by atoms with Crippen molar-refractivity contribution in [2.24, 2.45) is 7.05 Å². The van der Waals surface area contributed by atoms with E-state index in [4.69, 9.17) is 27.9 Å². The summed E-state index contributed by atoms with van der Waals surface area (Å²) < 4.78 is 8.13. The van der Waals surface area contributed by atoms with Gasteiger partial charge in [-0.3, -0.25) is 0 Å². The Hall–Kier alpha value is -1.60. The molecular formula is C11H13Cl2N5O2. The Morgan fingerprint density at radius 1 is 1.50 bits per heavy atom. The van der Waals surface area contributed by atoms with Crippen LogP contribution in [0.1, 0.15) is 28.9 Å². The van der Waals surface area contributed by atoms with Crippen molar-refractivity contribution in [3.63, 3.8) is 0 Å². The van der Waals surface area contributed by atoms with Gasteiger partial charge in [-0.05, 0) is 6.92 Å². The van der Waals surface area contributed by atoms with E-state index in [-0.39, 0.29) is 18.2 Å². The summed E-state index contributed by atoms with van der Waals surface area (Å²) in [7, 11) is 1.79. The zero-order valence-electron chi connectivity index (χ0n) is 11.0. The monoisotopic (exact) mass is 317 g/mol. The molecule has 0 saturated heterocycles. The Kier molecular flexibility index (Phi) is 4.61. The van der Waals surface area contributed by atoms with Crippen molar-refractivity contribution >= 4 is 29.2 Å². The van der Waals surface area contributed by atoms with Crippen LogP contribution < -0.4 is 0 Å². The number of imidazole rings is 1. The second-order valence-electron chi connectivity index (χ2n) is 3.95. The van der Waals surface area contributed by atoms with Crippen LogP contribution >= 0.6 is 23.2 Å². The van der Waals surface area contributed by atoms with E-state index in [0.717, 1.165) is 0 Å². The van der Waals surface area contributed by atoms with Gasteiger partial charge in [0.15, 0.2) is 5.69 Å². The highest BCUT2D eigenvalue weighted by atomic mass is 35.5. The molecule has 108 valence electrons. The van der Waals surface area contributed by atoms with Crippen molar-refractivity contribution in [2.75, 3.05) is 6.61 Å². The fraction of sp³-hybridized carbons (Fsp3) is 0.455. The Morgan fingerprint density at radius 3 is 2.80 bits per heavy atom. The minimum Gasteiger partial charge on any atom is -0.461 e. The molecule has 0 N–H and O–H groups in total. The largest absolute Gasteiger partial charge is 0.461 e. The van der Waals surface area contributed by atoms with Crippen LogP contribution in [0, 0.1) is 0 Å². The minimum atomic E-state index is -0.535. The van der Waals surface area contributed by atoms with Crippen LogP contribution in [0.5, 0.6) is 0 Å². The van der Waals surface area contributed by atoms with Crippen LogP contribution in [0.25, 0.3) is 0 Å². The maximum Gasteiger partial charge on any atom is 0.360 e. The molecule has 2 aromatic rings. The highest BCUT2D eigenvalue weighted by Gasteiger charge is 2.21. The van der Waals surface area contributed by atoms with Crippen LogP contribution in [0.3, 0.4) is 0 Å². The smallest absolute Gasteiger partial charge is 0.360 e. The van der Waals surface area contributed by atoms with Gasteiger partial charge in [-0.15, -0.1) is 16.7 Å². The predicted molar refractivity (Wildman–Crippen MR) is 72.9 cm³/mol. The van der Waals surface area contributed by atoms with Gasteiger partial charge in [0.05, 0.1) is 24.4 Å². The lowest BCUT2D eigenvalue weighted by Gasteiger charge is -2.06. The van der Waals surface area contributed by atoms with Gasteiger partial charge in [0, 0.05) is 7.05 Å². The first-order valence-electron chi connectivity index (χ1n) is 5.90. The van der Waals surface area contributed by atoms with Crippen LogP contribution in [0.15, 0.2) is 6.20 Å². The summed E-state index contributed by atoms with van der Waals surface area (Å²) in [5.41, 5.74) is 0.617. The number of halogens is 2. The van der Waals surface area contributed by atoms with Crippen molar-refractivity contribution in [3.8, 4) is 0 Å². The summed E-state index contributed by atoms with van der Waals surface area (Å²) in [5, 5.41) is 8.26. The second-order valence-corrected chi connectivity index (χ2v) is 4.61. The number of nitrogens with zero attached hydrogens (tertiary/aromatic N) is 5. The van der Waals surface area contributed by atoms with Crippen LogP contribution in [-0.4, -0.2) is 37.1 Å². The number of hydrogen-bond donors (Lipinski definition) is 0. The molecule has 7 nitrogen and oxygen atoms in total. The number of hydrogen-bond acceptors (Lipinski definition) is 5. The third-order valence-electron chi connectivity index (χ3n) is 2.75. The molecule has 0 aliphatic heterocycles. The molecule has 0 atom stereocenters. The van der Waals surface area contributed by atoms with Gasteiger partial charge < -0.3 is 9.30 Å². The quantitative estimate of drug-likeness (QED) is 0.619. The van der Waals surface area contributed by atoms with E-state index in [1.165, 1.54) is 4.68 Å². The average molecular weight is 318 g/mol. The fourth-order valence-corrected chi connectivity index (χ4v) is 2.07. The van der Waals surface area contributed by atoms with E-state index in [9.17, 15) is 4.79 Å². The first-order chi connectivity index (χ1) is 9.58. The SMILES string of the molecule is CCOC(=O)c1nnn(Cc2ncc(Cl)n2C)c1CCl. The molecule has 20 heavy (non-hydrogen) atoms. The number of carbonyl (C=O) groups excluding carboxylic acids is 1. The molecule has 0 amide bonds. The van der Waals surface area contributed by atoms with Gasteiger partial charge in [-0.1, -0.05) is 16.8 Å². The molecule has 2 heterocycles. The van der Waals surface area contributed by atoms with Crippen molar-refractivity contribution < 1.29 is 9.53 Å². The van der Waals surface area contributed by atoms with Gasteiger partial charge >= 0.3 is 5.97 Å². The summed E-state index contributed by atoms with van der Waals surface area (Å²) in [4.78, 5) is 15.9. The summed E-state index contributed by atoms with van der Waals surface area (Å²) in [5.74, 6) is 0.244. The predicted octanol–water partition coefficient (Wildman–Crippen LogP) is 1.63. The van der Waals surface area contributed by atoms with Crippen molar-refractivity contribution in [1.29, 1.82) is 0 Å². The third kappa shape index (κ3) is 2.78. The second kappa shape index (κ2) is 6.23. The average Bonchev–Trinajstić information content (AvgIpc) is 2.97. The third-order valence-corrected chi connectivity index (χ3v) is 3.36. The fourth-order valence-electron chi connectivity index (χ4n) is 1.66. The van der Waals surface area contributed by atoms with Gasteiger partial charge in [0.1, 0.15) is 17.5 Å². The number of alkyl halides is 1. The number of ether oxygens (including phenoxy) is 1. The molecule has 0 saturated carbocycles. The summed E-state index contributed by atoms with van der Waals surface area (Å²) in [6.45, 7) is 2.30. The van der Waals surface area contributed by atoms with E-state index in [2.05, 4.69) is 15.3 Å². The molecule has 0 spiro atoms. The first-order valence-corrected chi connectivity index (χ1v) is 6.81. The van der Waals surface area contributed by atoms with Gasteiger partial charge in [0.25, 0.3) is 0 Å². The molecule has 2 rings (SSSR count). The molecule has 9 heteroatoms. The Morgan fingerprint density at radius 2 is 2.25 bits per heavy atom. The van der Waals surface area contributed by atoms with E-state index in [0.29, 0.717) is 23.2 Å². The topological polar surface area (TPSA) is 74.8 Å². The molecule has 0 unspecified atom stereocenters. The molecule has 0 radical (unpaired) electrons. The lowest BCUT2D eigenvalue weighted by Crippen LogP contribution is -2.12. The molecule has 0 bridgehead atoms. The standard InChI is InChI=1S/C11H13Cl2N5O2/c1-3-20-11(19)10-7(4-12)18(16-15-10)6-9-14-5-8(13)17(9)2/h5H,3-4,6H2,1-2H3. The highest BCUT2D eigenvalue weighted by molar-refractivity contribution is 6.29. The van der Waals surface area contributed by atoms with Gasteiger partial charge in [-0.2, -0.15) is 0 Å². The van der Waals surface area contributed by atoms with Crippen molar-refractivity contribution in [1.82, 2.24) is 24.5 Å². The van der Waals surface area contributed by atoms with Gasteiger partial charge in [0.2, 0.25) is 0 Å². The summed E-state index contributed by atoms with van der Waals surface area (Å²) in [6, 6.07) is 0. The van der Waals surface area contributed by atoms with E-state index in [1.807, 2.05) is 0 Å². The molecule has 0 aliphatic rings. The van der Waals surface area contributed by atoms with Crippen molar-refractivity contribution in [3.05, 3.63) is 28.6 Å². The number of rotatable bonds is 5. The van der Waals surface area contributed by atoms with Gasteiger partial charge in [-0.25, -0.2) is 14.5 Å². The molecule has 0 aromatic carbocycles. The first kappa shape index (κ1) is 14.8. The van der Waals surface area contributed by atoms with Crippen LogP contribution in [0.4, 0.5) is 0 Å². The van der Waals surface area contributed by atoms with E-state index in [1.54, 1.807) is 24.7 Å². The number of aromatic nitrogens is 5. The summed E-state index contributed by atoms with van der Waals surface area (Å²) in [6.07, 6.45) is 1.54. The lowest BCUT2D eigenvalue weighted by atomic mass is 10.3. The minimum absolute atomic E-state index is 0.0965. The number of esters is 1. The lowest BCUT2D eigenvalue weighted by molar-refractivity contribution is 0.0518. The normalized spacial score (nSPS) is 10.8. The van der Waals surface area contributed by atoms with Crippen molar-refractivity contribution in [2.45, 2.75) is 19.3 Å². The van der Waals surface area contributed by atoms with E-state index < -0.39 is 5.97 Å². The summed E-state index contributed by atoms with van der Waals surface area (Å²) >= 11 is 11.8. The van der Waals surface area contributed by atoms with Crippen LogP contribution in [0.2, 0.25) is 5.15 Å². The Bertz CT molecular complexity index is 622. The Labute approximate surface area is 125 Å².